The molecule has 5 nitrogen and oxygen atoms in total. The molecule has 19 heavy (non-hydrogen) atoms. The van der Waals surface area contributed by atoms with E-state index in [2.05, 4.69) is 4.90 Å². The van der Waals surface area contributed by atoms with E-state index < -0.39 is 4.92 Å². The summed E-state index contributed by atoms with van der Waals surface area (Å²) in [5.74, 6) is 0.530. The standard InChI is InChI=1S/C13H17ClN2O3/c1-15(8-10-4-11(17)5-10)7-9-2-3-12(14)13(6-9)16(18)19/h2-3,6,10-11,17H,4-5,7-8H2,1H3. The van der Waals surface area contributed by atoms with Crippen molar-refractivity contribution < 1.29 is 10.0 Å². The molecule has 0 aromatic heterocycles. The smallest absolute Gasteiger partial charge is 0.288 e. The van der Waals surface area contributed by atoms with Gasteiger partial charge in [-0.2, -0.15) is 0 Å². The van der Waals surface area contributed by atoms with Crippen LogP contribution < -0.4 is 0 Å². The Labute approximate surface area is 116 Å². The molecule has 0 saturated heterocycles. The fourth-order valence-electron chi connectivity index (χ4n) is 2.46. The number of aliphatic hydroxyl groups is 1. The Morgan fingerprint density at radius 2 is 2.21 bits per heavy atom. The number of benzene rings is 1. The minimum atomic E-state index is -0.464. The van der Waals surface area contributed by atoms with E-state index in [1.807, 2.05) is 7.05 Å². The van der Waals surface area contributed by atoms with Crippen LogP contribution in [0.5, 0.6) is 0 Å². The van der Waals surface area contributed by atoms with Crippen LogP contribution in [0.15, 0.2) is 18.2 Å². The maximum absolute atomic E-state index is 10.8. The third-order valence-corrected chi connectivity index (χ3v) is 3.76. The molecule has 1 aliphatic rings. The van der Waals surface area contributed by atoms with Gasteiger partial charge in [0.2, 0.25) is 0 Å². The number of nitro benzene ring substituents is 1. The second kappa shape index (κ2) is 5.86. The topological polar surface area (TPSA) is 66.6 Å². The van der Waals surface area contributed by atoms with E-state index in [1.165, 1.54) is 6.07 Å². The minimum Gasteiger partial charge on any atom is -0.393 e. The summed E-state index contributed by atoms with van der Waals surface area (Å²) in [5, 5.41) is 20.2. The van der Waals surface area contributed by atoms with Crippen molar-refractivity contribution in [2.24, 2.45) is 5.92 Å². The molecule has 1 fully saturated rings. The Morgan fingerprint density at radius 1 is 1.53 bits per heavy atom. The highest BCUT2D eigenvalue weighted by Crippen LogP contribution is 2.29. The van der Waals surface area contributed by atoms with Crippen LogP contribution in [0.3, 0.4) is 0 Å². The zero-order chi connectivity index (χ0) is 14.0. The zero-order valence-corrected chi connectivity index (χ0v) is 11.5. The molecule has 1 saturated carbocycles. The molecule has 0 amide bonds. The maximum atomic E-state index is 10.8. The summed E-state index contributed by atoms with van der Waals surface area (Å²) in [7, 11) is 1.98. The largest absolute Gasteiger partial charge is 0.393 e. The van der Waals surface area contributed by atoms with Crippen molar-refractivity contribution in [2.75, 3.05) is 13.6 Å². The highest BCUT2D eigenvalue weighted by Gasteiger charge is 2.27. The van der Waals surface area contributed by atoms with E-state index in [0.717, 1.165) is 24.9 Å². The van der Waals surface area contributed by atoms with Crippen LogP contribution in [-0.2, 0) is 6.54 Å². The number of hydrogen-bond donors (Lipinski definition) is 1. The quantitative estimate of drug-likeness (QED) is 0.666. The molecule has 0 spiro atoms. The SMILES string of the molecule is CN(Cc1ccc(Cl)c([N+](=O)[O-])c1)CC1CC(O)C1. The lowest BCUT2D eigenvalue weighted by atomic mass is 9.82. The Hall–Kier alpha value is -1.17. The van der Waals surface area contributed by atoms with Gasteiger partial charge >= 0.3 is 0 Å². The van der Waals surface area contributed by atoms with Crippen molar-refractivity contribution in [3.8, 4) is 0 Å². The number of nitrogens with zero attached hydrogens (tertiary/aromatic N) is 2. The van der Waals surface area contributed by atoms with Crippen LogP contribution in [0, 0.1) is 16.0 Å². The molecule has 1 N–H and O–H groups in total. The monoisotopic (exact) mass is 284 g/mol. The predicted molar refractivity (Wildman–Crippen MR) is 73.2 cm³/mol. The van der Waals surface area contributed by atoms with E-state index in [4.69, 9.17) is 11.6 Å². The van der Waals surface area contributed by atoms with Gasteiger partial charge in [0.05, 0.1) is 11.0 Å². The van der Waals surface area contributed by atoms with Gasteiger partial charge in [0.25, 0.3) is 5.69 Å². The van der Waals surface area contributed by atoms with Crippen LogP contribution in [0.2, 0.25) is 5.02 Å². The van der Waals surface area contributed by atoms with Crippen LogP contribution in [0.4, 0.5) is 5.69 Å². The third kappa shape index (κ3) is 3.65. The van der Waals surface area contributed by atoms with Crippen molar-refractivity contribution in [3.05, 3.63) is 38.9 Å². The van der Waals surface area contributed by atoms with Crippen molar-refractivity contribution >= 4 is 17.3 Å². The zero-order valence-electron chi connectivity index (χ0n) is 10.8. The maximum Gasteiger partial charge on any atom is 0.288 e. The molecule has 0 aliphatic heterocycles. The Morgan fingerprint density at radius 3 is 2.79 bits per heavy atom. The molecule has 2 rings (SSSR count). The van der Waals surface area contributed by atoms with Gasteiger partial charge in [-0.25, -0.2) is 0 Å². The Balaban J connectivity index is 1.95. The second-order valence-electron chi connectivity index (χ2n) is 5.23. The van der Waals surface area contributed by atoms with Gasteiger partial charge < -0.3 is 10.0 Å². The summed E-state index contributed by atoms with van der Waals surface area (Å²) in [6, 6.07) is 4.89. The first-order chi connectivity index (χ1) is 8.95. The highest BCUT2D eigenvalue weighted by molar-refractivity contribution is 6.32. The Bertz CT molecular complexity index is 475. The normalized spacial score (nSPS) is 22.3. The fourth-order valence-corrected chi connectivity index (χ4v) is 2.65. The minimum absolute atomic E-state index is 0.0494. The highest BCUT2D eigenvalue weighted by atomic mass is 35.5. The van der Waals surface area contributed by atoms with E-state index >= 15 is 0 Å². The van der Waals surface area contributed by atoms with Gasteiger partial charge in [0.1, 0.15) is 5.02 Å². The first-order valence-corrected chi connectivity index (χ1v) is 6.63. The molecule has 1 aliphatic carbocycles. The van der Waals surface area contributed by atoms with E-state index in [9.17, 15) is 15.2 Å². The van der Waals surface area contributed by atoms with Crippen LogP contribution in [0.1, 0.15) is 18.4 Å². The molecule has 1 aromatic carbocycles. The van der Waals surface area contributed by atoms with E-state index in [0.29, 0.717) is 12.5 Å². The second-order valence-corrected chi connectivity index (χ2v) is 5.64. The van der Waals surface area contributed by atoms with Gasteiger partial charge in [-0.15, -0.1) is 0 Å². The number of nitro groups is 1. The number of aliphatic hydroxyl groups excluding tert-OH is 1. The molecular weight excluding hydrogens is 268 g/mol. The van der Waals surface area contributed by atoms with Crippen LogP contribution in [-0.4, -0.2) is 34.6 Å². The fraction of sp³-hybridized carbons (Fsp3) is 0.538. The average molecular weight is 285 g/mol. The van der Waals surface area contributed by atoms with Gasteiger partial charge in [0, 0.05) is 19.2 Å². The van der Waals surface area contributed by atoms with Crippen molar-refractivity contribution in [3.63, 3.8) is 0 Å². The average Bonchev–Trinajstić information content (AvgIpc) is 2.29. The summed E-state index contributed by atoms with van der Waals surface area (Å²) in [6.07, 6.45) is 1.56. The van der Waals surface area contributed by atoms with Gasteiger partial charge in [-0.3, -0.25) is 10.1 Å². The van der Waals surface area contributed by atoms with Gasteiger partial charge in [-0.1, -0.05) is 17.7 Å². The summed E-state index contributed by atoms with van der Waals surface area (Å²) in [5.41, 5.74) is 0.824. The third-order valence-electron chi connectivity index (χ3n) is 3.44. The molecule has 104 valence electrons. The molecule has 0 bridgehead atoms. The Kier molecular flexibility index (Phi) is 4.39. The number of hydrogen-bond acceptors (Lipinski definition) is 4. The molecule has 0 radical (unpaired) electrons. The summed E-state index contributed by atoms with van der Waals surface area (Å²) in [4.78, 5) is 12.5. The molecule has 0 atom stereocenters. The number of rotatable bonds is 5. The van der Waals surface area contributed by atoms with Crippen LogP contribution in [0.25, 0.3) is 0 Å². The lowest BCUT2D eigenvalue weighted by Gasteiger charge is -2.34. The van der Waals surface area contributed by atoms with Crippen molar-refractivity contribution in [1.29, 1.82) is 0 Å². The van der Waals surface area contributed by atoms with Crippen LogP contribution >= 0.6 is 11.6 Å². The van der Waals surface area contributed by atoms with Crippen molar-refractivity contribution in [1.82, 2.24) is 4.90 Å². The van der Waals surface area contributed by atoms with E-state index in [1.54, 1.807) is 12.1 Å². The molecular formula is C13H17ClN2O3. The number of halogens is 1. The molecule has 0 unspecified atom stereocenters. The summed E-state index contributed by atoms with van der Waals surface area (Å²) in [6.45, 7) is 1.54. The van der Waals surface area contributed by atoms with E-state index in [-0.39, 0.29) is 16.8 Å². The molecule has 6 heteroatoms. The molecule has 0 heterocycles. The first-order valence-electron chi connectivity index (χ1n) is 6.25. The lowest BCUT2D eigenvalue weighted by molar-refractivity contribution is -0.384. The summed E-state index contributed by atoms with van der Waals surface area (Å²) >= 11 is 5.78. The van der Waals surface area contributed by atoms with Gasteiger partial charge in [-0.05, 0) is 37.4 Å². The first kappa shape index (κ1) is 14.2. The van der Waals surface area contributed by atoms with Gasteiger partial charge in [0.15, 0.2) is 0 Å². The van der Waals surface area contributed by atoms with Crippen molar-refractivity contribution in [2.45, 2.75) is 25.5 Å². The predicted octanol–water partition coefficient (Wildman–Crippen LogP) is 2.45. The molecule has 1 aromatic rings. The lowest BCUT2D eigenvalue weighted by Crippen LogP contribution is -2.36. The summed E-state index contributed by atoms with van der Waals surface area (Å²) < 4.78 is 0.